The number of hydrogen-bond acceptors (Lipinski definition) is 2. The number of anilines is 1. The van der Waals surface area contributed by atoms with Crippen molar-refractivity contribution < 1.29 is 0 Å². The molecular weight excluding hydrogens is 544 g/mol. The van der Waals surface area contributed by atoms with Crippen LogP contribution < -0.4 is 15.3 Å². The standard InChI is InChI=1S/C43H46N2/c1-11-38-33(5)16-14-21-41(38)45(10)35(7)27-25-32(4)31(3)24-26-34(6)44-40-20-15-18-36-17-12-13-19-39(40)42(36)43(8,9)37-28-22-30(2)23-29-37/h11-29,42H,3-5,7H2,1-2,6,8-10H3/b26-24-,27-25-,38-11?,44-34?. The van der Waals surface area contributed by atoms with Gasteiger partial charge in [0.05, 0.1) is 5.70 Å². The first-order chi connectivity index (χ1) is 21.4. The number of aryl methyl sites for hydroxylation is 1. The lowest BCUT2D eigenvalue weighted by atomic mass is 9.66. The minimum Gasteiger partial charge on any atom is -0.345 e. The van der Waals surface area contributed by atoms with Crippen LogP contribution in [-0.2, 0) is 5.41 Å². The summed E-state index contributed by atoms with van der Waals surface area (Å²) in [6.07, 6.45) is 25.1. The van der Waals surface area contributed by atoms with Crippen molar-refractivity contribution in [3.63, 3.8) is 0 Å². The molecule has 0 aromatic heterocycles. The topological polar surface area (TPSA) is 15.6 Å². The third-order valence-electron chi connectivity index (χ3n) is 8.64. The van der Waals surface area contributed by atoms with Crippen LogP contribution in [0.5, 0.6) is 0 Å². The molecule has 0 spiro atoms. The maximum atomic E-state index is 5.11. The average Bonchev–Trinajstić information content (AvgIpc) is 3.34. The van der Waals surface area contributed by atoms with E-state index in [1.165, 1.54) is 22.3 Å². The van der Waals surface area contributed by atoms with Gasteiger partial charge in [0.25, 0.3) is 0 Å². The first kappa shape index (κ1) is 33.0. The maximum absolute atomic E-state index is 5.11. The molecule has 0 saturated heterocycles. The molecule has 45 heavy (non-hydrogen) atoms. The minimum atomic E-state index is -0.145. The largest absolute Gasteiger partial charge is 0.345 e. The van der Waals surface area contributed by atoms with Gasteiger partial charge in [-0.25, -0.2) is 0 Å². The van der Waals surface area contributed by atoms with Crippen molar-refractivity contribution in [2.75, 3.05) is 11.9 Å². The molecule has 2 heteroatoms. The second-order valence-corrected chi connectivity index (χ2v) is 12.3. The van der Waals surface area contributed by atoms with Crippen molar-refractivity contribution in [3.05, 3.63) is 184 Å². The average molecular weight is 591 g/mol. The summed E-state index contributed by atoms with van der Waals surface area (Å²) in [6.45, 7) is 27.7. The molecule has 0 amide bonds. The molecule has 2 aromatic rings. The molecule has 1 atom stereocenters. The van der Waals surface area contributed by atoms with Gasteiger partial charge in [0.2, 0.25) is 0 Å². The first-order valence-electron chi connectivity index (χ1n) is 15.4. The summed E-state index contributed by atoms with van der Waals surface area (Å²) in [4.78, 5) is 7.17. The molecule has 2 aliphatic rings. The highest BCUT2D eigenvalue weighted by molar-refractivity contribution is 5.94. The molecular formula is C43H46N2. The van der Waals surface area contributed by atoms with Crippen LogP contribution in [0.15, 0.2) is 168 Å². The number of nitrogens with zero attached hydrogens (tertiary/aromatic N) is 2. The molecule has 0 aliphatic heterocycles. The Morgan fingerprint density at radius 2 is 1.53 bits per heavy atom. The van der Waals surface area contributed by atoms with E-state index in [0.29, 0.717) is 0 Å². The first-order valence-corrected chi connectivity index (χ1v) is 15.4. The van der Waals surface area contributed by atoms with E-state index < -0.39 is 0 Å². The summed E-state index contributed by atoms with van der Waals surface area (Å²) >= 11 is 0. The summed E-state index contributed by atoms with van der Waals surface area (Å²) in [5.74, 6) is 0.147. The zero-order valence-electron chi connectivity index (χ0n) is 27.8. The number of hydrogen-bond donors (Lipinski definition) is 0. The van der Waals surface area contributed by atoms with Crippen molar-refractivity contribution in [1.82, 2.24) is 0 Å². The molecule has 0 saturated carbocycles. The summed E-state index contributed by atoms with van der Waals surface area (Å²) in [6, 6.07) is 15.0. The lowest BCUT2D eigenvalue weighted by Gasteiger charge is -2.37. The van der Waals surface area contributed by atoms with Crippen LogP contribution in [-0.4, -0.2) is 12.8 Å². The van der Waals surface area contributed by atoms with Crippen molar-refractivity contribution >= 4 is 24.1 Å². The zero-order valence-corrected chi connectivity index (χ0v) is 27.8. The molecule has 0 radical (unpaired) electrons. The number of fused-ring (bicyclic) bond motifs is 2. The van der Waals surface area contributed by atoms with Crippen molar-refractivity contribution in [2.45, 2.75) is 40.0 Å². The van der Waals surface area contributed by atoms with Crippen LogP contribution in [0.4, 0.5) is 5.69 Å². The van der Waals surface area contributed by atoms with Crippen LogP contribution in [0.3, 0.4) is 0 Å². The van der Waals surface area contributed by atoms with Gasteiger partial charge in [0.15, 0.2) is 0 Å². The number of benzene rings is 2. The summed E-state index contributed by atoms with van der Waals surface area (Å²) in [5, 5.41) is 2.09. The van der Waals surface area contributed by atoms with Gasteiger partial charge in [-0.05, 0) is 78.1 Å². The van der Waals surface area contributed by atoms with Crippen LogP contribution in [0.25, 0.3) is 12.7 Å². The molecule has 0 N–H and O–H groups in total. The van der Waals surface area contributed by atoms with Crippen LogP contribution in [0.1, 0.15) is 38.8 Å². The Balaban J connectivity index is 1.51. The monoisotopic (exact) mass is 590 g/mol. The van der Waals surface area contributed by atoms with Crippen molar-refractivity contribution in [2.24, 2.45) is 10.9 Å². The molecule has 0 heterocycles. The molecule has 2 aromatic carbocycles. The Morgan fingerprint density at radius 1 is 0.867 bits per heavy atom. The smallest absolute Gasteiger partial charge is 0.0671 e. The molecule has 0 fully saturated rings. The molecule has 4 rings (SSSR count). The maximum Gasteiger partial charge on any atom is 0.0671 e. The normalized spacial score (nSPS) is 17.1. The number of aliphatic imine (C=N–C) groups is 1. The van der Waals surface area contributed by atoms with Gasteiger partial charge in [-0.1, -0.05) is 137 Å². The summed E-state index contributed by atoms with van der Waals surface area (Å²) in [5.41, 5.74) is 10.3. The highest BCUT2D eigenvalue weighted by atomic mass is 15.1. The second-order valence-electron chi connectivity index (χ2n) is 12.3. The Bertz CT molecular complexity index is 1860. The predicted octanol–water partition coefficient (Wildman–Crippen LogP) is 9.31. The molecule has 1 unspecified atom stereocenters. The van der Waals surface area contributed by atoms with Gasteiger partial charge in [0.1, 0.15) is 0 Å². The Kier molecular flexibility index (Phi) is 10.4. The van der Waals surface area contributed by atoms with E-state index in [0.717, 1.165) is 44.4 Å². The van der Waals surface area contributed by atoms with Crippen molar-refractivity contribution in [1.29, 1.82) is 0 Å². The van der Waals surface area contributed by atoms with Gasteiger partial charge >= 0.3 is 0 Å². The SMILES string of the molecule is C=C(/C=C\C(=C)N(C)c1cccc(=C)c1=CC)C(=C)/C=C\C(C)=NC1=CC=CC2=CC=CC=C1C2C(C)(C)c1ccc(C)cc1. The third-order valence-corrected chi connectivity index (χ3v) is 8.64. The Labute approximate surface area is 270 Å². The minimum absolute atomic E-state index is 0.145. The second kappa shape index (κ2) is 14.2. The lowest BCUT2D eigenvalue weighted by molar-refractivity contribution is 0.419. The van der Waals surface area contributed by atoms with E-state index in [2.05, 4.69) is 131 Å². The molecule has 2 aliphatic carbocycles. The Hall–Kier alpha value is -4.95. The van der Waals surface area contributed by atoms with Gasteiger partial charge in [0, 0.05) is 40.7 Å². The van der Waals surface area contributed by atoms with E-state index in [1.54, 1.807) is 0 Å². The van der Waals surface area contributed by atoms with Gasteiger partial charge < -0.3 is 4.90 Å². The fourth-order valence-corrected chi connectivity index (χ4v) is 5.84. The summed E-state index contributed by atoms with van der Waals surface area (Å²) in [7, 11) is 2.01. The lowest BCUT2D eigenvalue weighted by Crippen LogP contribution is -2.31. The highest BCUT2D eigenvalue weighted by Gasteiger charge is 2.37. The third kappa shape index (κ3) is 7.59. The van der Waals surface area contributed by atoms with Crippen LogP contribution in [0.2, 0.25) is 0 Å². The summed E-state index contributed by atoms with van der Waals surface area (Å²) < 4.78 is 0. The van der Waals surface area contributed by atoms with Gasteiger partial charge in [-0.3, -0.25) is 4.99 Å². The number of likely N-dealkylation sites (N-methyl/N-ethyl adjacent to an activating group) is 1. The fraction of sp³-hybridized carbons (Fsp3) is 0.186. The highest BCUT2D eigenvalue weighted by Crippen LogP contribution is 2.45. The zero-order chi connectivity index (χ0) is 32.7. The molecule has 228 valence electrons. The van der Waals surface area contributed by atoms with E-state index in [9.17, 15) is 0 Å². The molecule has 2 bridgehead atoms. The van der Waals surface area contributed by atoms with Crippen LogP contribution in [0, 0.1) is 12.8 Å². The van der Waals surface area contributed by atoms with Crippen LogP contribution >= 0.6 is 0 Å². The van der Waals surface area contributed by atoms with E-state index in [4.69, 9.17) is 4.99 Å². The van der Waals surface area contributed by atoms with Gasteiger partial charge in [-0.15, -0.1) is 0 Å². The Morgan fingerprint density at radius 3 is 2.22 bits per heavy atom. The predicted molar refractivity (Wildman–Crippen MR) is 199 cm³/mol. The molecule has 2 nitrogen and oxygen atoms in total. The van der Waals surface area contributed by atoms with Crippen molar-refractivity contribution in [3.8, 4) is 0 Å². The van der Waals surface area contributed by atoms with Gasteiger partial charge in [-0.2, -0.15) is 0 Å². The van der Waals surface area contributed by atoms with E-state index in [1.807, 2.05) is 57.3 Å². The fourth-order valence-electron chi connectivity index (χ4n) is 5.84. The van der Waals surface area contributed by atoms with E-state index in [-0.39, 0.29) is 11.3 Å². The quantitative estimate of drug-likeness (QED) is 0.199. The van der Waals surface area contributed by atoms with E-state index >= 15 is 0 Å². The number of allylic oxidation sites excluding steroid dienone is 15. The number of rotatable bonds is 10.